The highest BCUT2D eigenvalue weighted by molar-refractivity contribution is 7.91. The zero-order chi connectivity index (χ0) is 14.6. The van der Waals surface area contributed by atoms with Gasteiger partial charge in [0.2, 0.25) is 10.0 Å². The summed E-state index contributed by atoms with van der Waals surface area (Å²) in [6.07, 6.45) is 5.06. The molecular formula is C12H24N2O4S2. The van der Waals surface area contributed by atoms with Crippen LogP contribution < -0.4 is 10.0 Å². The van der Waals surface area contributed by atoms with Crippen molar-refractivity contribution in [3.05, 3.63) is 0 Å². The van der Waals surface area contributed by atoms with Crippen molar-refractivity contribution in [1.29, 1.82) is 0 Å². The first kappa shape index (κ1) is 16.2. The summed E-state index contributed by atoms with van der Waals surface area (Å²) in [6, 6.07) is -0.173. The minimum atomic E-state index is -3.39. The first-order chi connectivity index (χ1) is 9.36. The molecule has 2 rings (SSSR count). The summed E-state index contributed by atoms with van der Waals surface area (Å²) in [4.78, 5) is 0. The van der Waals surface area contributed by atoms with Gasteiger partial charge in [-0.1, -0.05) is 6.42 Å². The van der Waals surface area contributed by atoms with E-state index in [9.17, 15) is 16.8 Å². The third kappa shape index (κ3) is 5.31. The second-order valence-electron chi connectivity index (χ2n) is 5.83. The third-order valence-electron chi connectivity index (χ3n) is 3.96. The molecule has 0 bridgehead atoms. The van der Waals surface area contributed by atoms with Crippen LogP contribution in [0.15, 0.2) is 0 Å². The van der Waals surface area contributed by atoms with Crippen LogP contribution in [-0.4, -0.2) is 52.7 Å². The number of hydrogen-bond donors (Lipinski definition) is 2. The molecule has 0 aromatic carbocycles. The average molecular weight is 324 g/mol. The lowest BCUT2D eigenvalue weighted by Crippen LogP contribution is -2.45. The predicted octanol–water partition coefficient (Wildman–Crippen LogP) is 0.0152. The van der Waals surface area contributed by atoms with Crippen molar-refractivity contribution in [2.75, 3.05) is 23.8 Å². The smallest absolute Gasteiger partial charge is 0.211 e. The number of piperidine rings is 1. The minimum absolute atomic E-state index is 0.0616. The van der Waals surface area contributed by atoms with Crippen molar-refractivity contribution < 1.29 is 16.8 Å². The molecule has 2 N–H and O–H groups in total. The number of nitrogens with one attached hydrogen (secondary N) is 2. The second-order valence-corrected chi connectivity index (χ2v) is 9.93. The third-order valence-corrected chi connectivity index (χ3v) is 7.24. The van der Waals surface area contributed by atoms with Gasteiger partial charge in [0.05, 0.1) is 17.3 Å². The Morgan fingerprint density at radius 1 is 1.15 bits per heavy atom. The van der Waals surface area contributed by atoms with Gasteiger partial charge in [0.1, 0.15) is 0 Å². The van der Waals surface area contributed by atoms with Crippen LogP contribution in [0, 0.1) is 0 Å². The van der Waals surface area contributed by atoms with Crippen LogP contribution >= 0.6 is 0 Å². The van der Waals surface area contributed by atoms with E-state index in [2.05, 4.69) is 10.0 Å². The molecule has 0 spiro atoms. The van der Waals surface area contributed by atoms with Crippen LogP contribution in [0.4, 0.5) is 0 Å². The number of rotatable bonds is 5. The summed E-state index contributed by atoms with van der Waals surface area (Å²) in [5, 5.41) is 3.32. The van der Waals surface area contributed by atoms with Crippen LogP contribution in [0.3, 0.4) is 0 Å². The molecule has 20 heavy (non-hydrogen) atoms. The Hall–Kier alpha value is -0.180. The molecule has 0 saturated carbocycles. The molecule has 0 aromatic heterocycles. The van der Waals surface area contributed by atoms with Crippen LogP contribution in [0.25, 0.3) is 0 Å². The standard InChI is InChI=1S/C12H24N2O4S2/c15-19(16)8-3-5-12(10-19)14-20(17,18)9-6-11-4-1-2-7-13-11/h11-14H,1-10H2. The van der Waals surface area contributed by atoms with Gasteiger partial charge in [-0.05, 0) is 38.6 Å². The highest BCUT2D eigenvalue weighted by Gasteiger charge is 2.28. The van der Waals surface area contributed by atoms with Crippen LogP contribution in [-0.2, 0) is 19.9 Å². The zero-order valence-corrected chi connectivity index (χ0v) is 13.3. The molecular weight excluding hydrogens is 300 g/mol. The monoisotopic (exact) mass is 324 g/mol. The highest BCUT2D eigenvalue weighted by atomic mass is 32.2. The fraction of sp³-hybridized carbons (Fsp3) is 1.00. The molecule has 2 saturated heterocycles. The highest BCUT2D eigenvalue weighted by Crippen LogP contribution is 2.14. The maximum absolute atomic E-state index is 12.0. The fourth-order valence-electron chi connectivity index (χ4n) is 2.90. The maximum atomic E-state index is 12.0. The molecule has 8 heteroatoms. The van der Waals surface area contributed by atoms with Crippen LogP contribution in [0.1, 0.15) is 38.5 Å². The van der Waals surface area contributed by atoms with Crippen LogP contribution in [0.2, 0.25) is 0 Å². The van der Waals surface area contributed by atoms with Gasteiger partial charge in [-0.2, -0.15) is 0 Å². The van der Waals surface area contributed by atoms with Gasteiger partial charge in [0, 0.05) is 12.1 Å². The van der Waals surface area contributed by atoms with E-state index in [-0.39, 0.29) is 23.3 Å². The summed E-state index contributed by atoms with van der Waals surface area (Å²) >= 11 is 0. The molecule has 118 valence electrons. The van der Waals surface area contributed by atoms with Gasteiger partial charge in [-0.15, -0.1) is 0 Å². The lowest BCUT2D eigenvalue weighted by Gasteiger charge is -2.25. The van der Waals surface area contributed by atoms with Crippen molar-refractivity contribution >= 4 is 19.9 Å². The summed E-state index contributed by atoms with van der Waals surface area (Å²) < 4.78 is 49.6. The SMILES string of the molecule is O=S1(=O)CCCC(NS(=O)(=O)CCC2CCCCN2)C1. The summed E-state index contributed by atoms with van der Waals surface area (Å²) in [7, 11) is -6.46. The normalized spacial score (nSPS) is 31.0. The van der Waals surface area contributed by atoms with E-state index < -0.39 is 25.9 Å². The molecule has 2 fully saturated rings. The number of hydrogen-bond acceptors (Lipinski definition) is 5. The van der Waals surface area contributed by atoms with Gasteiger partial charge >= 0.3 is 0 Å². The Labute approximate surface area is 121 Å². The first-order valence-electron chi connectivity index (χ1n) is 7.30. The molecule has 2 heterocycles. The summed E-state index contributed by atoms with van der Waals surface area (Å²) in [5.74, 6) is 0.187. The van der Waals surface area contributed by atoms with E-state index >= 15 is 0 Å². The van der Waals surface area contributed by atoms with Crippen molar-refractivity contribution in [3.8, 4) is 0 Å². The van der Waals surface area contributed by atoms with Crippen LogP contribution in [0.5, 0.6) is 0 Å². The number of sulfonamides is 1. The molecule has 0 aliphatic carbocycles. The van der Waals surface area contributed by atoms with E-state index in [0.29, 0.717) is 19.3 Å². The lowest BCUT2D eigenvalue weighted by atomic mass is 10.0. The van der Waals surface area contributed by atoms with Crippen molar-refractivity contribution in [1.82, 2.24) is 10.0 Å². The zero-order valence-electron chi connectivity index (χ0n) is 11.7. The van der Waals surface area contributed by atoms with Gasteiger partial charge in [0.15, 0.2) is 9.84 Å². The molecule has 0 amide bonds. The van der Waals surface area contributed by atoms with Gasteiger partial charge in [-0.3, -0.25) is 0 Å². The maximum Gasteiger partial charge on any atom is 0.211 e. The lowest BCUT2D eigenvalue weighted by molar-refractivity contribution is 0.392. The molecule has 6 nitrogen and oxygen atoms in total. The van der Waals surface area contributed by atoms with E-state index in [0.717, 1.165) is 25.8 Å². The van der Waals surface area contributed by atoms with E-state index in [1.165, 1.54) is 0 Å². The Morgan fingerprint density at radius 2 is 1.95 bits per heavy atom. The molecule has 2 unspecified atom stereocenters. The quantitative estimate of drug-likeness (QED) is 0.743. The molecule has 2 aliphatic heterocycles. The van der Waals surface area contributed by atoms with Crippen molar-refractivity contribution in [2.24, 2.45) is 0 Å². The predicted molar refractivity (Wildman–Crippen MR) is 78.9 cm³/mol. The minimum Gasteiger partial charge on any atom is -0.314 e. The molecule has 2 atom stereocenters. The first-order valence-corrected chi connectivity index (χ1v) is 10.8. The topological polar surface area (TPSA) is 92.3 Å². The average Bonchev–Trinajstić information content (AvgIpc) is 2.36. The van der Waals surface area contributed by atoms with Gasteiger partial charge in [0.25, 0.3) is 0 Å². The second kappa shape index (κ2) is 6.72. The molecule has 0 aromatic rings. The Bertz CT molecular complexity index is 510. The van der Waals surface area contributed by atoms with E-state index in [1.807, 2.05) is 0 Å². The fourth-order valence-corrected chi connectivity index (χ4v) is 6.06. The summed E-state index contributed by atoms with van der Waals surface area (Å²) in [5.41, 5.74) is 0. The largest absolute Gasteiger partial charge is 0.314 e. The molecule has 2 aliphatic rings. The Kier molecular flexibility index (Phi) is 5.44. The van der Waals surface area contributed by atoms with Gasteiger partial charge < -0.3 is 5.32 Å². The van der Waals surface area contributed by atoms with E-state index in [1.54, 1.807) is 0 Å². The Balaban J connectivity index is 1.81. The number of sulfone groups is 1. The van der Waals surface area contributed by atoms with Crippen molar-refractivity contribution in [3.63, 3.8) is 0 Å². The van der Waals surface area contributed by atoms with Gasteiger partial charge in [-0.25, -0.2) is 21.6 Å². The van der Waals surface area contributed by atoms with Crippen molar-refractivity contribution in [2.45, 2.75) is 50.6 Å². The molecule has 0 radical (unpaired) electrons. The Morgan fingerprint density at radius 3 is 2.60 bits per heavy atom. The van der Waals surface area contributed by atoms with E-state index in [4.69, 9.17) is 0 Å². The summed E-state index contributed by atoms with van der Waals surface area (Å²) in [6.45, 7) is 0.957.